The quantitative estimate of drug-likeness (QED) is 0.697. The van der Waals surface area contributed by atoms with E-state index in [9.17, 15) is 19.5 Å². The molecule has 0 unspecified atom stereocenters. The van der Waals surface area contributed by atoms with Crippen molar-refractivity contribution in [1.29, 1.82) is 0 Å². The number of ether oxygens (including phenoxy) is 2. The van der Waals surface area contributed by atoms with E-state index in [1.165, 1.54) is 7.11 Å². The molecule has 1 aromatic rings. The summed E-state index contributed by atoms with van der Waals surface area (Å²) in [5, 5.41) is 10.7. The van der Waals surface area contributed by atoms with Gasteiger partial charge in [0.25, 0.3) is 0 Å². The molecule has 0 radical (unpaired) electrons. The molecule has 2 heterocycles. The van der Waals surface area contributed by atoms with Gasteiger partial charge in [0.1, 0.15) is 11.9 Å². The van der Waals surface area contributed by atoms with Gasteiger partial charge in [-0.3, -0.25) is 9.59 Å². The average Bonchev–Trinajstić information content (AvgIpc) is 3.09. The van der Waals surface area contributed by atoms with Crippen molar-refractivity contribution in [2.75, 3.05) is 33.3 Å². The minimum atomic E-state index is -0.612. The van der Waals surface area contributed by atoms with Crippen LogP contribution in [0.3, 0.4) is 0 Å². The van der Waals surface area contributed by atoms with E-state index >= 15 is 0 Å². The number of hydrogen-bond acceptors (Lipinski definition) is 6. The van der Waals surface area contributed by atoms with E-state index in [2.05, 4.69) is 0 Å². The van der Waals surface area contributed by atoms with Gasteiger partial charge in [-0.25, -0.2) is 4.79 Å². The Morgan fingerprint density at radius 2 is 1.78 bits per heavy atom. The van der Waals surface area contributed by atoms with Crippen LogP contribution in [0.15, 0.2) is 24.3 Å². The van der Waals surface area contributed by atoms with Crippen LogP contribution in [0.2, 0.25) is 0 Å². The Morgan fingerprint density at radius 3 is 2.50 bits per heavy atom. The molecule has 8 nitrogen and oxygen atoms in total. The summed E-state index contributed by atoms with van der Waals surface area (Å²) < 4.78 is 10.7. The maximum Gasteiger partial charge on any atom is 0.337 e. The summed E-state index contributed by atoms with van der Waals surface area (Å²) in [4.78, 5) is 40.3. The topological polar surface area (TPSA) is 96.4 Å². The number of methoxy groups -OCH3 is 1. The molecule has 1 aromatic carbocycles. The molecule has 2 amide bonds. The fraction of sp³-hybridized carbons (Fsp3) is 0.625. The zero-order chi connectivity index (χ0) is 22.7. The summed E-state index contributed by atoms with van der Waals surface area (Å²) in [7, 11) is 1.34. The molecular formula is C24H32N2O6. The maximum atomic E-state index is 12.9. The summed E-state index contributed by atoms with van der Waals surface area (Å²) in [6.45, 7) is 2.09. The first-order chi connectivity index (χ1) is 15.4. The normalized spacial score (nSPS) is 28.1. The van der Waals surface area contributed by atoms with Crippen LogP contribution in [0.5, 0.6) is 5.75 Å². The Kier molecular flexibility index (Phi) is 6.98. The molecule has 8 heteroatoms. The monoisotopic (exact) mass is 444 g/mol. The Hall–Kier alpha value is -2.61. The van der Waals surface area contributed by atoms with Crippen LogP contribution in [0.1, 0.15) is 48.9 Å². The lowest BCUT2D eigenvalue weighted by Gasteiger charge is -2.35. The van der Waals surface area contributed by atoms with Crippen LogP contribution in [-0.2, 0) is 14.3 Å². The molecule has 2 saturated heterocycles. The maximum absolute atomic E-state index is 12.9. The summed E-state index contributed by atoms with van der Waals surface area (Å²) in [6.07, 6.45) is 3.71. The van der Waals surface area contributed by atoms with Gasteiger partial charge in [-0.1, -0.05) is 6.42 Å². The molecule has 32 heavy (non-hydrogen) atoms. The molecule has 0 spiro atoms. The van der Waals surface area contributed by atoms with Crippen LogP contribution >= 0.6 is 0 Å². The van der Waals surface area contributed by atoms with Crippen molar-refractivity contribution in [2.45, 2.75) is 50.7 Å². The van der Waals surface area contributed by atoms with Crippen molar-refractivity contribution in [3.63, 3.8) is 0 Å². The first kappa shape index (κ1) is 22.6. The number of hydrogen-bond donors (Lipinski definition) is 1. The Balaban J connectivity index is 1.32. The lowest BCUT2D eigenvalue weighted by Crippen LogP contribution is -2.42. The van der Waals surface area contributed by atoms with Gasteiger partial charge >= 0.3 is 5.97 Å². The van der Waals surface area contributed by atoms with Crippen molar-refractivity contribution < 1.29 is 29.0 Å². The Labute approximate surface area is 188 Å². The number of amides is 2. The van der Waals surface area contributed by atoms with Gasteiger partial charge in [-0.15, -0.1) is 0 Å². The molecule has 1 aliphatic carbocycles. The number of esters is 1. The minimum absolute atomic E-state index is 0.00000666. The third kappa shape index (κ3) is 5.06. The van der Waals surface area contributed by atoms with Crippen molar-refractivity contribution in [3.8, 4) is 5.75 Å². The van der Waals surface area contributed by atoms with Crippen LogP contribution in [0.4, 0.5) is 0 Å². The van der Waals surface area contributed by atoms with Gasteiger partial charge in [-0.2, -0.15) is 0 Å². The van der Waals surface area contributed by atoms with Gasteiger partial charge in [0.05, 0.1) is 25.3 Å². The van der Waals surface area contributed by atoms with Crippen LogP contribution in [-0.4, -0.2) is 78.2 Å². The summed E-state index contributed by atoms with van der Waals surface area (Å²) >= 11 is 0. The molecule has 1 saturated carbocycles. The molecule has 0 aromatic heterocycles. The predicted molar refractivity (Wildman–Crippen MR) is 116 cm³/mol. The number of benzene rings is 1. The fourth-order valence-electron chi connectivity index (χ4n) is 5.15. The third-order valence-corrected chi connectivity index (χ3v) is 7.00. The largest absolute Gasteiger partial charge is 0.488 e. The van der Waals surface area contributed by atoms with Gasteiger partial charge < -0.3 is 24.4 Å². The van der Waals surface area contributed by atoms with Crippen LogP contribution in [0.25, 0.3) is 0 Å². The highest BCUT2D eigenvalue weighted by molar-refractivity contribution is 5.89. The van der Waals surface area contributed by atoms with Crippen molar-refractivity contribution >= 4 is 17.8 Å². The standard InChI is InChI=1S/C24H32N2O6/c1-31-24(30)16-6-8-19(9-7-16)32-21-12-18-14-26(13-17(18)11-20(21)27)23(29)15-25-10-4-2-3-5-22(25)28/h6-9,17-18,20-21,27H,2-5,10-15H2,1H3/t17-,18+,20-,21-/m0/s1. The smallest absolute Gasteiger partial charge is 0.337 e. The van der Waals surface area contributed by atoms with E-state index in [4.69, 9.17) is 9.47 Å². The number of aliphatic hydroxyl groups excluding tert-OH is 1. The summed E-state index contributed by atoms with van der Waals surface area (Å²) in [6, 6.07) is 6.68. The minimum Gasteiger partial charge on any atom is -0.488 e. The number of rotatable bonds is 5. The molecule has 174 valence electrons. The van der Waals surface area contributed by atoms with Gasteiger partial charge in [0.2, 0.25) is 11.8 Å². The van der Waals surface area contributed by atoms with Crippen molar-refractivity contribution in [2.24, 2.45) is 11.8 Å². The molecule has 4 rings (SSSR count). The summed E-state index contributed by atoms with van der Waals surface area (Å²) in [5.41, 5.74) is 0.442. The van der Waals surface area contributed by atoms with Crippen molar-refractivity contribution in [1.82, 2.24) is 9.80 Å². The Bertz CT molecular complexity index is 841. The first-order valence-electron chi connectivity index (χ1n) is 11.5. The zero-order valence-corrected chi connectivity index (χ0v) is 18.6. The van der Waals surface area contributed by atoms with Crippen LogP contribution in [0, 0.1) is 11.8 Å². The van der Waals surface area contributed by atoms with E-state index in [1.807, 2.05) is 4.90 Å². The SMILES string of the molecule is COC(=O)c1ccc(O[C@H]2C[C@@H]3CN(C(=O)CN4CCCCCC4=O)C[C@@H]3C[C@@H]2O)cc1. The van der Waals surface area contributed by atoms with Crippen molar-refractivity contribution in [3.05, 3.63) is 29.8 Å². The number of carbonyl (C=O) groups excluding carboxylic acids is 3. The van der Waals surface area contributed by atoms with Gasteiger partial charge in [0, 0.05) is 26.1 Å². The molecule has 2 aliphatic heterocycles. The molecule has 0 bridgehead atoms. The molecule has 3 fully saturated rings. The molecular weight excluding hydrogens is 412 g/mol. The van der Waals surface area contributed by atoms with Gasteiger partial charge in [0.15, 0.2) is 0 Å². The second kappa shape index (κ2) is 9.90. The number of carbonyl (C=O) groups is 3. The second-order valence-electron chi connectivity index (χ2n) is 9.16. The molecule has 4 atom stereocenters. The number of nitrogens with zero attached hydrogens (tertiary/aromatic N) is 2. The number of likely N-dealkylation sites (tertiary alicyclic amines) is 2. The van der Waals surface area contributed by atoms with E-state index < -0.39 is 12.1 Å². The van der Waals surface area contributed by atoms with E-state index in [0.29, 0.717) is 50.2 Å². The highest BCUT2D eigenvalue weighted by atomic mass is 16.5. The highest BCUT2D eigenvalue weighted by Gasteiger charge is 2.44. The van der Waals surface area contributed by atoms with E-state index in [1.54, 1.807) is 29.2 Å². The number of aliphatic hydroxyl groups is 1. The third-order valence-electron chi connectivity index (χ3n) is 7.00. The average molecular weight is 445 g/mol. The molecule has 1 N–H and O–H groups in total. The Morgan fingerprint density at radius 1 is 1.06 bits per heavy atom. The lowest BCUT2D eigenvalue weighted by atomic mass is 9.78. The highest BCUT2D eigenvalue weighted by Crippen LogP contribution is 2.38. The fourth-order valence-corrected chi connectivity index (χ4v) is 5.15. The summed E-state index contributed by atoms with van der Waals surface area (Å²) in [5.74, 6) is 0.770. The first-order valence-corrected chi connectivity index (χ1v) is 11.5. The van der Waals surface area contributed by atoms with Gasteiger partial charge in [-0.05, 0) is 61.8 Å². The predicted octanol–water partition coefficient (Wildman–Crippen LogP) is 1.85. The van der Waals surface area contributed by atoms with E-state index in [-0.39, 0.29) is 36.3 Å². The zero-order valence-electron chi connectivity index (χ0n) is 18.6. The number of fused-ring (bicyclic) bond motifs is 1. The molecule has 3 aliphatic rings. The van der Waals surface area contributed by atoms with E-state index in [0.717, 1.165) is 19.3 Å². The lowest BCUT2D eigenvalue weighted by molar-refractivity contribution is -0.139. The second-order valence-corrected chi connectivity index (χ2v) is 9.16. The van der Waals surface area contributed by atoms with Crippen LogP contribution < -0.4 is 4.74 Å².